The van der Waals surface area contributed by atoms with Crippen LogP contribution in [0.5, 0.6) is 0 Å². The van der Waals surface area contributed by atoms with Gasteiger partial charge in [0, 0.05) is 24.2 Å². The Morgan fingerprint density at radius 1 is 1.44 bits per heavy atom. The molecule has 0 aromatic heterocycles. The molecule has 1 aromatic rings. The second-order valence-electron chi connectivity index (χ2n) is 4.42. The molecule has 0 radical (unpaired) electrons. The van der Waals surface area contributed by atoms with Crippen LogP contribution in [0.1, 0.15) is 12.0 Å². The van der Waals surface area contributed by atoms with E-state index in [9.17, 15) is 4.79 Å². The Bertz CT molecular complexity index is 394. The summed E-state index contributed by atoms with van der Waals surface area (Å²) in [5.41, 5.74) is 1.02. The molecule has 1 fully saturated rings. The minimum Gasteiger partial charge on any atom is -0.341 e. The van der Waals surface area contributed by atoms with Crippen LogP contribution in [0.2, 0.25) is 5.02 Å². The number of carbonyl (C=O) groups excluding carboxylic acids is 1. The van der Waals surface area contributed by atoms with E-state index in [-0.39, 0.29) is 18.3 Å². The Balaban J connectivity index is 0.00000162. The number of nitrogens with zero attached hydrogens (tertiary/aromatic N) is 1. The van der Waals surface area contributed by atoms with Gasteiger partial charge in [0.05, 0.1) is 6.42 Å². The number of benzene rings is 1. The summed E-state index contributed by atoms with van der Waals surface area (Å²) in [6.07, 6.45) is 1.51. The predicted molar refractivity (Wildman–Crippen MR) is 76.4 cm³/mol. The van der Waals surface area contributed by atoms with Crippen molar-refractivity contribution in [2.24, 2.45) is 0 Å². The zero-order valence-corrected chi connectivity index (χ0v) is 11.9. The summed E-state index contributed by atoms with van der Waals surface area (Å²) in [4.78, 5) is 14.0. The molecule has 3 nitrogen and oxygen atoms in total. The third-order valence-electron chi connectivity index (χ3n) is 3.22. The van der Waals surface area contributed by atoms with E-state index in [1.165, 1.54) is 0 Å². The molecule has 1 heterocycles. The zero-order valence-electron chi connectivity index (χ0n) is 10.4. The van der Waals surface area contributed by atoms with Gasteiger partial charge in [-0.25, -0.2) is 0 Å². The molecule has 100 valence electrons. The molecule has 0 spiro atoms. The Morgan fingerprint density at radius 2 is 2.11 bits per heavy atom. The van der Waals surface area contributed by atoms with Crippen molar-refractivity contribution in [3.63, 3.8) is 0 Å². The van der Waals surface area contributed by atoms with Gasteiger partial charge in [-0.1, -0.05) is 23.7 Å². The number of rotatable bonds is 3. The Hall–Kier alpha value is -0.770. The molecule has 1 aliphatic rings. The van der Waals surface area contributed by atoms with E-state index in [1.54, 1.807) is 0 Å². The van der Waals surface area contributed by atoms with Gasteiger partial charge in [-0.2, -0.15) is 0 Å². The summed E-state index contributed by atoms with van der Waals surface area (Å²) in [5.74, 6) is 0.199. The van der Waals surface area contributed by atoms with E-state index in [1.807, 2.05) is 36.2 Å². The molecular weight excluding hydrogens is 271 g/mol. The lowest BCUT2D eigenvalue weighted by molar-refractivity contribution is -0.129. The summed E-state index contributed by atoms with van der Waals surface area (Å²) in [6.45, 7) is 1.68. The highest BCUT2D eigenvalue weighted by Gasteiger charge is 2.24. The smallest absolute Gasteiger partial charge is 0.227 e. The lowest BCUT2D eigenvalue weighted by Gasteiger charge is -2.16. The van der Waals surface area contributed by atoms with Crippen molar-refractivity contribution in [3.05, 3.63) is 34.9 Å². The maximum atomic E-state index is 12.0. The third-order valence-corrected chi connectivity index (χ3v) is 3.47. The maximum Gasteiger partial charge on any atom is 0.227 e. The number of halogens is 2. The van der Waals surface area contributed by atoms with Crippen LogP contribution in [0.4, 0.5) is 0 Å². The number of amides is 1. The first-order chi connectivity index (χ1) is 8.19. The van der Waals surface area contributed by atoms with Crippen molar-refractivity contribution in [3.8, 4) is 0 Å². The molecular formula is C13H18Cl2N2O. The number of likely N-dealkylation sites (N-methyl/N-ethyl adjacent to an activating group) is 1. The Kier molecular flexibility index (Phi) is 5.93. The van der Waals surface area contributed by atoms with Crippen LogP contribution in [0.25, 0.3) is 0 Å². The summed E-state index contributed by atoms with van der Waals surface area (Å²) in [7, 11) is 1.94. The fourth-order valence-electron chi connectivity index (χ4n) is 2.11. The summed E-state index contributed by atoms with van der Waals surface area (Å²) < 4.78 is 0. The van der Waals surface area contributed by atoms with Crippen LogP contribution >= 0.6 is 24.0 Å². The van der Waals surface area contributed by atoms with Gasteiger partial charge in [0.15, 0.2) is 0 Å². The normalized spacial score (nSPS) is 18.6. The Morgan fingerprint density at radius 3 is 2.67 bits per heavy atom. The van der Waals surface area contributed by atoms with Crippen LogP contribution in [0, 0.1) is 0 Å². The molecule has 1 aliphatic heterocycles. The first kappa shape index (κ1) is 15.3. The quantitative estimate of drug-likeness (QED) is 0.924. The number of likely N-dealkylation sites (tertiary alicyclic amines) is 1. The van der Waals surface area contributed by atoms with Crippen molar-refractivity contribution in [1.82, 2.24) is 10.2 Å². The molecule has 0 bridgehead atoms. The average molecular weight is 289 g/mol. The molecule has 1 unspecified atom stereocenters. The molecule has 1 saturated heterocycles. The van der Waals surface area contributed by atoms with E-state index >= 15 is 0 Å². The molecule has 2 rings (SSSR count). The van der Waals surface area contributed by atoms with Crippen molar-refractivity contribution in [2.45, 2.75) is 18.9 Å². The lowest BCUT2D eigenvalue weighted by atomic mass is 10.1. The van der Waals surface area contributed by atoms with Gasteiger partial charge in [-0.3, -0.25) is 4.79 Å². The predicted octanol–water partition coefficient (Wildman–Crippen LogP) is 2.12. The van der Waals surface area contributed by atoms with Crippen molar-refractivity contribution >= 4 is 29.9 Å². The highest BCUT2D eigenvalue weighted by molar-refractivity contribution is 6.30. The summed E-state index contributed by atoms with van der Waals surface area (Å²) >= 11 is 5.81. The summed E-state index contributed by atoms with van der Waals surface area (Å²) in [5, 5.41) is 3.91. The highest BCUT2D eigenvalue weighted by atomic mass is 35.5. The van der Waals surface area contributed by atoms with Crippen LogP contribution in [0.15, 0.2) is 24.3 Å². The van der Waals surface area contributed by atoms with Gasteiger partial charge in [0.2, 0.25) is 5.91 Å². The number of hydrogen-bond donors (Lipinski definition) is 1. The molecule has 1 amide bonds. The second kappa shape index (κ2) is 6.98. The van der Waals surface area contributed by atoms with Crippen molar-refractivity contribution in [2.75, 3.05) is 20.1 Å². The van der Waals surface area contributed by atoms with Gasteiger partial charge < -0.3 is 10.2 Å². The van der Waals surface area contributed by atoms with E-state index in [2.05, 4.69) is 5.32 Å². The fraction of sp³-hybridized carbons (Fsp3) is 0.462. The van der Waals surface area contributed by atoms with E-state index < -0.39 is 0 Å². The van der Waals surface area contributed by atoms with Gasteiger partial charge in [0.25, 0.3) is 0 Å². The van der Waals surface area contributed by atoms with Gasteiger partial charge >= 0.3 is 0 Å². The number of carbonyl (C=O) groups is 1. The highest BCUT2D eigenvalue weighted by Crippen LogP contribution is 2.13. The Labute approximate surface area is 119 Å². The first-order valence-corrected chi connectivity index (χ1v) is 6.26. The molecule has 5 heteroatoms. The van der Waals surface area contributed by atoms with Crippen LogP contribution in [-0.4, -0.2) is 37.0 Å². The topological polar surface area (TPSA) is 32.3 Å². The molecule has 1 aromatic carbocycles. The SMILES string of the molecule is CNC1CCN(C(=O)Cc2ccc(Cl)cc2)C1.Cl. The average Bonchev–Trinajstić information content (AvgIpc) is 2.81. The van der Waals surface area contributed by atoms with Gasteiger partial charge in [-0.15, -0.1) is 12.4 Å². The van der Waals surface area contributed by atoms with Gasteiger partial charge in [0.1, 0.15) is 0 Å². The van der Waals surface area contributed by atoms with Crippen molar-refractivity contribution < 1.29 is 4.79 Å². The molecule has 0 saturated carbocycles. The standard InChI is InChI=1S/C13H17ClN2O.ClH/c1-15-12-6-7-16(9-12)13(17)8-10-2-4-11(14)5-3-10;/h2-5,12,15H,6-9H2,1H3;1H. The largest absolute Gasteiger partial charge is 0.341 e. The van der Waals surface area contributed by atoms with E-state index in [4.69, 9.17) is 11.6 Å². The number of nitrogens with one attached hydrogen (secondary N) is 1. The van der Waals surface area contributed by atoms with E-state index in [0.717, 1.165) is 25.1 Å². The molecule has 18 heavy (non-hydrogen) atoms. The molecule has 0 aliphatic carbocycles. The first-order valence-electron chi connectivity index (χ1n) is 5.88. The molecule has 1 atom stereocenters. The molecule has 1 N–H and O–H groups in total. The second-order valence-corrected chi connectivity index (χ2v) is 4.85. The maximum absolute atomic E-state index is 12.0. The minimum atomic E-state index is 0. The number of hydrogen-bond acceptors (Lipinski definition) is 2. The van der Waals surface area contributed by atoms with Gasteiger partial charge in [-0.05, 0) is 31.2 Å². The van der Waals surface area contributed by atoms with Crippen LogP contribution < -0.4 is 5.32 Å². The minimum absolute atomic E-state index is 0. The van der Waals surface area contributed by atoms with Crippen LogP contribution in [0.3, 0.4) is 0 Å². The summed E-state index contributed by atoms with van der Waals surface area (Å²) in [6, 6.07) is 7.91. The zero-order chi connectivity index (χ0) is 12.3. The van der Waals surface area contributed by atoms with Crippen molar-refractivity contribution in [1.29, 1.82) is 0 Å². The monoisotopic (exact) mass is 288 g/mol. The lowest BCUT2D eigenvalue weighted by Crippen LogP contribution is -2.34. The van der Waals surface area contributed by atoms with Crippen LogP contribution in [-0.2, 0) is 11.2 Å². The van der Waals surface area contributed by atoms with E-state index in [0.29, 0.717) is 17.5 Å². The fourth-order valence-corrected chi connectivity index (χ4v) is 2.24. The third kappa shape index (κ3) is 3.87.